The minimum Gasteiger partial charge on any atom is -0.379 e. The molecule has 1 aliphatic heterocycles. The van der Waals surface area contributed by atoms with E-state index in [1.54, 1.807) is 13.1 Å². The molecule has 1 atom stereocenters. The highest BCUT2D eigenvalue weighted by Gasteiger charge is 2.22. The first-order valence-electron chi connectivity index (χ1n) is 9.52. The van der Waals surface area contributed by atoms with Crippen LogP contribution < -0.4 is 15.5 Å². The van der Waals surface area contributed by atoms with Gasteiger partial charge in [-0.25, -0.2) is 12.8 Å². The normalized spacial score (nSPS) is 17.6. The van der Waals surface area contributed by atoms with Crippen molar-refractivity contribution >= 4 is 45.5 Å². The van der Waals surface area contributed by atoms with Gasteiger partial charge < -0.3 is 20.3 Å². The zero-order valence-corrected chi connectivity index (χ0v) is 20.4. The smallest absolute Gasteiger partial charge is 0.191 e. The van der Waals surface area contributed by atoms with Gasteiger partial charge in [0.15, 0.2) is 5.96 Å². The minimum absolute atomic E-state index is 0. The van der Waals surface area contributed by atoms with E-state index < -0.39 is 9.84 Å². The fraction of sp³-hybridized carbons (Fsp3) is 0.632. The molecule has 1 aromatic carbocycles. The van der Waals surface area contributed by atoms with E-state index in [0.717, 1.165) is 24.9 Å². The number of piperidine rings is 1. The molecule has 10 heteroatoms. The molecule has 1 fully saturated rings. The van der Waals surface area contributed by atoms with E-state index in [1.165, 1.54) is 12.3 Å². The maximum absolute atomic E-state index is 14.2. The summed E-state index contributed by atoms with van der Waals surface area (Å²) in [6.07, 6.45) is 3.14. The van der Waals surface area contributed by atoms with Crippen molar-refractivity contribution < 1.29 is 17.5 Å². The van der Waals surface area contributed by atoms with Crippen LogP contribution in [0.2, 0.25) is 0 Å². The standard InChI is InChI=1S/C19H31FN4O3S.HI/c1-15-6-7-17(20)18(13-15)24-9-4-5-16(14-24)23-19(21-2)22-8-10-27-11-12-28(3,25)26;/h6-7,13,16H,4-5,8-12,14H2,1-3H3,(H2,21,22,23);1H. The van der Waals surface area contributed by atoms with Crippen LogP contribution in [-0.2, 0) is 14.6 Å². The van der Waals surface area contributed by atoms with Crippen LogP contribution in [0.1, 0.15) is 18.4 Å². The highest BCUT2D eigenvalue weighted by Crippen LogP contribution is 2.24. The minimum atomic E-state index is -3.00. The van der Waals surface area contributed by atoms with E-state index in [9.17, 15) is 12.8 Å². The SMILES string of the molecule is CN=C(NCCOCCS(C)(=O)=O)NC1CCCN(c2cc(C)ccc2F)C1.I. The quantitative estimate of drug-likeness (QED) is 0.226. The van der Waals surface area contributed by atoms with E-state index in [4.69, 9.17) is 4.74 Å². The molecule has 2 rings (SSSR count). The second-order valence-electron chi connectivity index (χ2n) is 7.13. The number of hydrogen-bond acceptors (Lipinski definition) is 5. The number of guanidine groups is 1. The summed E-state index contributed by atoms with van der Waals surface area (Å²) in [6.45, 7) is 4.59. The van der Waals surface area contributed by atoms with Gasteiger partial charge in [0, 0.05) is 39.0 Å². The van der Waals surface area contributed by atoms with Gasteiger partial charge in [0.05, 0.1) is 24.7 Å². The molecule has 7 nitrogen and oxygen atoms in total. The number of benzene rings is 1. The maximum Gasteiger partial charge on any atom is 0.191 e. The Balaban J connectivity index is 0.00000420. The lowest BCUT2D eigenvalue weighted by molar-refractivity contribution is 0.154. The lowest BCUT2D eigenvalue weighted by atomic mass is 10.0. The summed E-state index contributed by atoms with van der Waals surface area (Å²) in [5.41, 5.74) is 1.69. The zero-order chi connectivity index (χ0) is 20.6. The molecule has 0 amide bonds. The molecule has 1 heterocycles. The van der Waals surface area contributed by atoms with Gasteiger partial charge in [-0.05, 0) is 37.5 Å². The molecule has 0 saturated carbocycles. The molecule has 0 aliphatic carbocycles. The highest BCUT2D eigenvalue weighted by atomic mass is 127. The third-order valence-corrected chi connectivity index (χ3v) is 5.47. The molecule has 0 radical (unpaired) electrons. The van der Waals surface area contributed by atoms with E-state index in [0.29, 0.717) is 31.3 Å². The van der Waals surface area contributed by atoms with Gasteiger partial charge in [0.2, 0.25) is 0 Å². The average molecular weight is 542 g/mol. The van der Waals surface area contributed by atoms with Gasteiger partial charge in [-0.15, -0.1) is 24.0 Å². The van der Waals surface area contributed by atoms with Crippen LogP contribution >= 0.6 is 24.0 Å². The van der Waals surface area contributed by atoms with Gasteiger partial charge in [-0.1, -0.05) is 6.07 Å². The molecule has 166 valence electrons. The number of halogens is 2. The van der Waals surface area contributed by atoms with Crippen molar-refractivity contribution in [3.8, 4) is 0 Å². The van der Waals surface area contributed by atoms with Crippen LogP contribution in [0.5, 0.6) is 0 Å². The first-order valence-corrected chi connectivity index (χ1v) is 11.6. The van der Waals surface area contributed by atoms with E-state index in [-0.39, 0.29) is 48.2 Å². The fourth-order valence-electron chi connectivity index (χ4n) is 3.12. The van der Waals surface area contributed by atoms with Crippen LogP contribution in [-0.4, -0.2) is 72.3 Å². The number of ether oxygens (including phenoxy) is 1. The van der Waals surface area contributed by atoms with Gasteiger partial charge in [0.1, 0.15) is 15.7 Å². The summed E-state index contributed by atoms with van der Waals surface area (Å²) >= 11 is 0. The Hall–Kier alpha value is -1.14. The fourth-order valence-corrected chi connectivity index (χ4v) is 3.54. The van der Waals surface area contributed by atoms with Gasteiger partial charge in [0.25, 0.3) is 0 Å². The molecular formula is C19H32FIN4O3S. The largest absolute Gasteiger partial charge is 0.379 e. The third-order valence-electron chi connectivity index (χ3n) is 4.57. The molecule has 0 spiro atoms. The Kier molecular flexibility index (Phi) is 11.2. The number of nitrogens with one attached hydrogen (secondary N) is 2. The second-order valence-corrected chi connectivity index (χ2v) is 9.39. The van der Waals surface area contributed by atoms with Crippen LogP contribution in [0.4, 0.5) is 10.1 Å². The number of anilines is 1. The summed E-state index contributed by atoms with van der Waals surface area (Å²) in [5.74, 6) is 0.483. The Labute approximate surface area is 190 Å². The molecule has 0 aromatic heterocycles. The monoisotopic (exact) mass is 542 g/mol. The Morgan fingerprint density at radius 3 is 2.83 bits per heavy atom. The first kappa shape index (κ1) is 25.9. The Morgan fingerprint density at radius 2 is 2.14 bits per heavy atom. The Morgan fingerprint density at radius 1 is 1.38 bits per heavy atom. The molecule has 1 aliphatic rings. The highest BCUT2D eigenvalue weighted by molar-refractivity contribution is 14.0. The topological polar surface area (TPSA) is 83.0 Å². The van der Waals surface area contributed by atoms with Crippen molar-refractivity contribution in [1.29, 1.82) is 0 Å². The molecule has 0 bridgehead atoms. The molecule has 1 unspecified atom stereocenters. The van der Waals surface area contributed by atoms with Crippen molar-refractivity contribution in [3.05, 3.63) is 29.6 Å². The molecular weight excluding hydrogens is 510 g/mol. The van der Waals surface area contributed by atoms with Crippen LogP contribution in [0.25, 0.3) is 0 Å². The predicted molar refractivity (Wildman–Crippen MR) is 127 cm³/mol. The number of nitrogens with zero attached hydrogens (tertiary/aromatic N) is 2. The summed E-state index contributed by atoms with van der Waals surface area (Å²) in [5, 5.41) is 6.54. The van der Waals surface area contributed by atoms with Crippen molar-refractivity contribution in [3.63, 3.8) is 0 Å². The summed E-state index contributed by atoms with van der Waals surface area (Å²) in [4.78, 5) is 6.29. The summed E-state index contributed by atoms with van der Waals surface area (Å²) in [6, 6.07) is 5.35. The number of rotatable bonds is 8. The molecule has 1 aromatic rings. The maximum atomic E-state index is 14.2. The van der Waals surface area contributed by atoms with Gasteiger partial charge in [-0.2, -0.15) is 0 Å². The van der Waals surface area contributed by atoms with Gasteiger partial charge in [-0.3, -0.25) is 4.99 Å². The number of aryl methyl sites for hydroxylation is 1. The van der Waals surface area contributed by atoms with E-state index >= 15 is 0 Å². The molecule has 2 N–H and O–H groups in total. The van der Waals surface area contributed by atoms with Crippen molar-refractivity contribution in [2.24, 2.45) is 4.99 Å². The predicted octanol–water partition coefficient (Wildman–Crippen LogP) is 1.95. The zero-order valence-electron chi connectivity index (χ0n) is 17.3. The average Bonchev–Trinajstić information content (AvgIpc) is 2.64. The molecule has 29 heavy (non-hydrogen) atoms. The van der Waals surface area contributed by atoms with Crippen molar-refractivity contribution in [2.45, 2.75) is 25.8 Å². The lowest BCUT2D eigenvalue weighted by Gasteiger charge is -2.35. The van der Waals surface area contributed by atoms with Crippen LogP contribution in [0.15, 0.2) is 23.2 Å². The van der Waals surface area contributed by atoms with Crippen molar-refractivity contribution in [2.75, 3.05) is 56.8 Å². The first-order chi connectivity index (χ1) is 13.3. The van der Waals surface area contributed by atoms with Gasteiger partial charge >= 0.3 is 0 Å². The van der Waals surface area contributed by atoms with Crippen molar-refractivity contribution in [1.82, 2.24) is 10.6 Å². The lowest BCUT2D eigenvalue weighted by Crippen LogP contribution is -2.51. The van der Waals surface area contributed by atoms with Crippen LogP contribution in [0.3, 0.4) is 0 Å². The second kappa shape index (κ2) is 12.5. The van der Waals surface area contributed by atoms with E-state index in [1.807, 2.05) is 13.0 Å². The van der Waals surface area contributed by atoms with E-state index in [2.05, 4.69) is 20.5 Å². The summed E-state index contributed by atoms with van der Waals surface area (Å²) in [7, 11) is -1.30. The number of sulfone groups is 1. The Bertz CT molecular complexity index is 777. The number of hydrogen-bond donors (Lipinski definition) is 2. The molecule has 1 saturated heterocycles. The van der Waals surface area contributed by atoms with Crippen LogP contribution in [0, 0.1) is 12.7 Å². The third kappa shape index (κ3) is 9.47. The summed E-state index contributed by atoms with van der Waals surface area (Å²) < 4.78 is 41.6. The number of aliphatic imine (C=N–C) groups is 1.